The normalized spacial score (nSPS) is 11.1. The zero-order chi connectivity index (χ0) is 12.0. The van der Waals surface area contributed by atoms with Crippen molar-refractivity contribution in [1.82, 2.24) is 0 Å². The van der Waals surface area contributed by atoms with Crippen LogP contribution in [0, 0.1) is 41.5 Å². The van der Waals surface area contributed by atoms with Crippen LogP contribution >= 0.6 is 0 Å². The topological polar surface area (TPSA) is 0 Å². The van der Waals surface area contributed by atoms with Gasteiger partial charge in [0.2, 0.25) is 0 Å². The van der Waals surface area contributed by atoms with E-state index in [1.807, 2.05) is 0 Å². The van der Waals surface area contributed by atoms with Crippen molar-refractivity contribution >= 4 is 0 Å². The molecule has 16 heavy (non-hydrogen) atoms. The molecule has 2 aliphatic carbocycles. The largest absolute Gasteiger partial charge is 0.0584 e. The Bertz CT molecular complexity index is 533. The fourth-order valence-electron chi connectivity index (χ4n) is 2.57. The average molecular weight is 212 g/mol. The third-order valence-electron chi connectivity index (χ3n) is 4.20. The van der Waals surface area contributed by atoms with Gasteiger partial charge in [0, 0.05) is 0 Å². The van der Waals surface area contributed by atoms with Crippen LogP contribution in [0.1, 0.15) is 33.4 Å². The van der Waals surface area contributed by atoms with Crippen molar-refractivity contribution in [3.8, 4) is 11.1 Å². The second-order valence-electron chi connectivity index (χ2n) is 4.93. The van der Waals surface area contributed by atoms with Crippen molar-refractivity contribution in [1.29, 1.82) is 0 Å². The predicted octanol–water partition coefficient (Wildman–Crippen LogP) is 4.64. The third-order valence-corrected chi connectivity index (χ3v) is 4.20. The average Bonchev–Trinajstić information content (AvgIpc) is 2.40. The van der Waals surface area contributed by atoms with Crippen LogP contribution in [0.25, 0.3) is 11.1 Å². The Kier molecular flexibility index (Phi) is 2.53. The molecule has 2 rings (SSSR count). The quantitative estimate of drug-likeness (QED) is 0.596. The minimum absolute atomic E-state index is 1.38. The molecule has 0 aromatic heterocycles. The van der Waals surface area contributed by atoms with Crippen molar-refractivity contribution in [2.45, 2.75) is 41.5 Å². The van der Waals surface area contributed by atoms with Gasteiger partial charge in [0.15, 0.2) is 0 Å². The van der Waals surface area contributed by atoms with Gasteiger partial charge >= 0.3 is 0 Å². The molecule has 0 heteroatoms. The molecule has 0 spiro atoms. The van der Waals surface area contributed by atoms with Crippen LogP contribution in [0.15, 0.2) is 12.1 Å². The molecule has 0 aromatic carbocycles. The molecule has 0 fully saturated rings. The Morgan fingerprint density at radius 1 is 0.562 bits per heavy atom. The first-order valence-electron chi connectivity index (χ1n) is 5.91. The Morgan fingerprint density at radius 2 is 1.12 bits per heavy atom. The molecule has 0 radical (unpaired) electrons. The summed E-state index contributed by atoms with van der Waals surface area (Å²) in [6.07, 6.45) is 0. The standard InChI is InChI=1S/C16H20/c1-9-7-8-15-12(4)11(3)14(6)16(15)13(5)10(9)2/h7-8H,1-6H3. The van der Waals surface area contributed by atoms with Crippen molar-refractivity contribution in [2.24, 2.45) is 0 Å². The lowest BCUT2D eigenvalue weighted by atomic mass is 10.0. The molecule has 0 unspecified atom stereocenters. The lowest BCUT2D eigenvalue weighted by Crippen LogP contribution is -1.84. The van der Waals surface area contributed by atoms with E-state index in [-0.39, 0.29) is 0 Å². The lowest BCUT2D eigenvalue weighted by molar-refractivity contribution is 1.29. The van der Waals surface area contributed by atoms with Gasteiger partial charge in [0.25, 0.3) is 0 Å². The third kappa shape index (κ3) is 1.36. The SMILES string of the molecule is Cc1ccc2c(C)c(C)c(C)c-2c(C)c1C. The van der Waals surface area contributed by atoms with Crippen LogP contribution < -0.4 is 0 Å². The van der Waals surface area contributed by atoms with E-state index in [0.717, 1.165) is 0 Å². The van der Waals surface area contributed by atoms with Gasteiger partial charge in [-0.05, 0) is 86.1 Å². The molecule has 0 N–H and O–H groups in total. The summed E-state index contributed by atoms with van der Waals surface area (Å²) in [5.41, 5.74) is 11.4. The molecular formula is C16H20. The van der Waals surface area contributed by atoms with Gasteiger partial charge in [-0.2, -0.15) is 0 Å². The maximum atomic E-state index is 2.28. The van der Waals surface area contributed by atoms with Crippen LogP contribution in [0.5, 0.6) is 0 Å². The maximum absolute atomic E-state index is 2.28. The molecule has 84 valence electrons. The van der Waals surface area contributed by atoms with E-state index in [0.29, 0.717) is 0 Å². The van der Waals surface area contributed by atoms with Crippen molar-refractivity contribution in [3.63, 3.8) is 0 Å². The summed E-state index contributed by atoms with van der Waals surface area (Å²) in [6.45, 7) is 13.4. The maximum Gasteiger partial charge on any atom is -0.0117 e. The summed E-state index contributed by atoms with van der Waals surface area (Å²) in [5.74, 6) is 0. The molecule has 0 saturated carbocycles. The number of fused-ring (bicyclic) bond motifs is 1. The van der Waals surface area contributed by atoms with Crippen LogP contribution in [-0.2, 0) is 0 Å². The van der Waals surface area contributed by atoms with E-state index in [4.69, 9.17) is 0 Å². The molecule has 0 saturated heterocycles. The van der Waals surface area contributed by atoms with Gasteiger partial charge in [0.1, 0.15) is 0 Å². The van der Waals surface area contributed by atoms with E-state index in [1.54, 1.807) is 0 Å². The van der Waals surface area contributed by atoms with E-state index >= 15 is 0 Å². The first-order valence-corrected chi connectivity index (χ1v) is 5.91. The van der Waals surface area contributed by atoms with Gasteiger partial charge < -0.3 is 0 Å². The summed E-state index contributed by atoms with van der Waals surface area (Å²) in [6, 6.07) is 4.52. The molecule has 0 amide bonds. The van der Waals surface area contributed by atoms with Crippen LogP contribution in [0.3, 0.4) is 0 Å². The molecule has 0 aliphatic heterocycles. The fraction of sp³-hybridized carbons (Fsp3) is 0.375. The highest BCUT2D eigenvalue weighted by molar-refractivity contribution is 5.80. The van der Waals surface area contributed by atoms with Crippen LogP contribution in [0.4, 0.5) is 0 Å². The van der Waals surface area contributed by atoms with E-state index in [2.05, 4.69) is 53.7 Å². The summed E-state index contributed by atoms with van der Waals surface area (Å²) >= 11 is 0. The summed E-state index contributed by atoms with van der Waals surface area (Å²) < 4.78 is 0. The van der Waals surface area contributed by atoms with Gasteiger partial charge in [-0.15, -0.1) is 0 Å². The minimum Gasteiger partial charge on any atom is -0.0584 e. The van der Waals surface area contributed by atoms with E-state index in [1.165, 1.54) is 44.5 Å². The lowest BCUT2D eigenvalue weighted by Gasteiger charge is -2.04. The van der Waals surface area contributed by atoms with Gasteiger partial charge in [0.05, 0.1) is 0 Å². The zero-order valence-electron chi connectivity index (χ0n) is 11.2. The smallest absolute Gasteiger partial charge is 0.0117 e. The van der Waals surface area contributed by atoms with E-state index in [9.17, 15) is 0 Å². The summed E-state index contributed by atoms with van der Waals surface area (Å²) in [5, 5.41) is 0. The highest BCUT2D eigenvalue weighted by Gasteiger charge is 2.17. The molecule has 0 bridgehead atoms. The fourth-order valence-corrected chi connectivity index (χ4v) is 2.57. The van der Waals surface area contributed by atoms with Crippen molar-refractivity contribution < 1.29 is 0 Å². The minimum atomic E-state index is 1.38. The molecule has 0 nitrogen and oxygen atoms in total. The highest BCUT2D eigenvalue weighted by atomic mass is 14.2. The van der Waals surface area contributed by atoms with Crippen molar-refractivity contribution in [3.05, 3.63) is 45.5 Å². The van der Waals surface area contributed by atoms with Gasteiger partial charge in [-0.25, -0.2) is 0 Å². The highest BCUT2D eigenvalue weighted by Crippen LogP contribution is 2.38. The number of hydrogen-bond donors (Lipinski definition) is 0. The number of aryl methyl sites for hydroxylation is 1. The second-order valence-corrected chi connectivity index (χ2v) is 4.93. The Labute approximate surface area is 98.7 Å². The van der Waals surface area contributed by atoms with Crippen molar-refractivity contribution in [2.75, 3.05) is 0 Å². The summed E-state index contributed by atoms with van der Waals surface area (Å²) in [7, 11) is 0. The number of hydrogen-bond acceptors (Lipinski definition) is 0. The molecule has 0 atom stereocenters. The second kappa shape index (κ2) is 3.62. The predicted molar refractivity (Wildman–Crippen MR) is 71.5 cm³/mol. The first kappa shape index (κ1) is 11.2. The van der Waals surface area contributed by atoms with E-state index < -0.39 is 0 Å². The summed E-state index contributed by atoms with van der Waals surface area (Å²) in [4.78, 5) is 0. The van der Waals surface area contributed by atoms with Crippen LogP contribution in [-0.4, -0.2) is 0 Å². The number of rotatable bonds is 0. The van der Waals surface area contributed by atoms with Gasteiger partial charge in [-0.3, -0.25) is 0 Å². The monoisotopic (exact) mass is 212 g/mol. The Balaban J connectivity index is 2.98. The Hall–Kier alpha value is -1.30. The first-order chi connectivity index (χ1) is 7.45. The van der Waals surface area contributed by atoms with Crippen LogP contribution in [0.2, 0.25) is 0 Å². The molecular weight excluding hydrogens is 192 g/mol. The Morgan fingerprint density at radius 3 is 1.75 bits per heavy atom. The molecule has 2 aliphatic rings. The molecule has 0 aromatic rings. The van der Waals surface area contributed by atoms with Gasteiger partial charge in [-0.1, -0.05) is 12.1 Å². The zero-order valence-corrected chi connectivity index (χ0v) is 11.2. The molecule has 0 heterocycles.